The Hall–Kier alpha value is -5.35. The molecule has 5 aromatic carbocycles. The minimum absolute atomic E-state index is 0. The zero-order chi connectivity index (χ0) is 31.4. The first-order valence-electron chi connectivity index (χ1n) is 15.8. The summed E-state index contributed by atoms with van der Waals surface area (Å²) in [5.41, 5.74) is 8.87. The Morgan fingerprint density at radius 1 is 0.562 bits per heavy atom. The van der Waals surface area contributed by atoms with Crippen LogP contribution in [-0.4, -0.2) is 23.8 Å². The fourth-order valence-electron chi connectivity index (χ4n) is 7.03. The SMILES string of the molecule is CC(C)(C)c1ccc2c(c1)c1ccc(Oc3[c-]c4c(cc3)c3cccnc3n3c5ccccc5nc43)[c-]c1c1nc3ccccc3n21.[Pd+2]. The van der Waals surface area contributed by atoms with Crippen molar-refractivity contribution in [3.63, 3.8) is 0 Å². The Morgan fingerprint density at radius 3 is 1.83 bits per heavy atom. The number of fused-ring (bicyclic) bond motifs is 16. The zero-order valence-electron chi connectivity index (χ0n) is 26.4. The maximum atomic E-state index is 6.54. The van der Waals surface area contributed by atoms with Gasteiger partial charge in [-0.15, -0.1) is 12.1 Å². The molecule has 48 heavy (non-hydrogen) atoms. The summed E-state index contributed by atoms with van der Waals surface area (Å²) in [5.74, 6) is 1.19. The second-order valence-electron chi connectivity index (χ2n) is 13.2. The van der Waals surface area contributed by atoms with Crippen LogP contribution < -0.4 is 4.74 Å². The number of hydrogen-bond acceptors (Lipinski definition) is 4. The predicted octanol–water partition coefficient (Wildman–Crippen LogP) is 9.98. The van der Waals surface area contributed by atoms with Crippen LogP contribution in [0.3, 0.4) is 0 Å². The molecule has 0 spiro atoms. The fraction of sp³-hybridized carbons (Fsp3) is 0.0976. The third-order valence-corrected chi connectivity index (χ3v) is 9.31. The molecule has 7 heteroatoms. The molecule has 0 aliphatic carbocycles. The van der Waals surface area contributed by atoms with E-state index in [9.17, 15) is 0 Å². The van der Waals surface area contributed by atoms with Crippen molar-refractivity contribution in [1.82, 2.24) is 23.8 Å². The van der Waals surface area contributed by atoms with Crippen LogP contribution in [0.5, 0.6) is 11.5 Å². The zero-order valence-corrected chi connectivity index (χ0v) is 27.9. The fourth-order valence-corrected chi connectivity index (χ4v) is 7.03. The number of benzene rings is 5. The van der Waals surface area contributed by atoms with Gasteiger partial charge in [-0.05, 0) is 58.1 Å². The van der Waals surface area contributed by atoms with E-state index in [-0.39, 0.29) is 25.8 Å². The summed E-state index contributed by atoms with van der Waals surface area (Å²) in [6.07, 6.45) is 1.83. The van der Waals surface area contributed by atoms with Crippen molar-refractivity contribution in [2.75, 3.05) is 0 Å². The molecule has 0 N–H and O–H groups in total. The van der Waals surface area contributed by atoms with Gasteiger partial charge in [-0.3, -0.25) is 9.97 Å². The van der Waals surface area contributed by atoms with Crippen LogP contribution in [0, 0.1) is 12.1 Å². The van der Waals surface area contributed by atoms with E-state index in [0.29, 0.717) is 11.5 Å². The van der Waals surface area contributed by atoms with Crippen LogP contribution in [0.4, 0.5) is 0 Å². The van der Waals surface area contributed by atoms with Gasteiger partial charge in [0.15, 0.2) is 0 Å². The third kappa shape index (κ3) is 4.11. The van der Waals surface area contributed by atoms with Gasteiger partial charge in [-0.1, -0.05) is 109 Å². The van der Waals surface area contributed by atoms with Crippen molar-refractivity contribution in [3.8, 4) is 11.5 Å². The molecule has 0 fully saturated rings. The predicted molar refractivity (Wildman–Crippen MR) is 190 cm³/mol. The van der Waals surface area contributed by atoms with Gasteiger partial charge in [0.1, 0.15) is 5.65 Å². The average Bonchev–Trinajstić information content (AvgIpc) is 3.68. The number of hydrogen-bond donors (Lipinski definition) is 0. The summed E-state index contributed by atoms with van der Waals surface area (Å²) in [6, 6.07) is 42.6. The number of aromatic nitrogens is 5. The standard InChI is InChI=1S/C41H27N5O.Pd/c1-41(2,3)24-14-19-35-30(21-24)28-18-16-26(23-32(28)39-43-33-10-4-6-12-36(33)45(35)39)47-25-15-17-27-29-9-8-20-42-38(29)46-37-13-7-5-11-34(37)44-40(46)31(27)22-25;/h4-21H,1-3H3;/q-2;+2. The molecule has 0 aliphatic rings. The van der Waals surface area contributed by atoms with Gasteiger partial charge in [0.05, 0.1) is 33.4 Å². The van der Waals surface area contributed by atoms with Crippen LogP contribution in [0.2, 0.25) is 0 Å². The Balaban J connectivity index is 0.00000314. The van der Waals surface area contributed by atoms with Crippen LogP contribution in [0.1, 0.15) is 26.3 Å². The Kier molecular flexibility index (Phi) is 6.20. The minimum Gasteiger partial charge on any atom is -0.497 e. The molecule has 5 heterocycles. The molecule has 0 radical (unpaired) electrons. The molecule has 0 atom stereocenters. The van der Waals surface area contributed by atoms with Gasteiger partial charge in [0.2, 0.25) is 0 Å². The molecule has 10 aromatic rings. The Morgan fingerprint density at radius 2 is 1.17 bits per heavy atom. The van der Waals surface area contributed by atoms with Crippen LogP contribution in [-0.2, 0) is 25.8 Å². The number of nitrogens with zero attached hydrogens (tertiary/aromatic N) is 5. The summed E-state index contributed by atoms with van der Waals surface area (Å²) >= 11 is 0. The summed E-state index contributed by atoms with van der Waals surface area (Å²) in [5, 5.41) is 6.11. The summed E-state index contributed by atoms with van der Waals surface area (Å²) in [6.45, 7) is 6.75. The van der Waals surface area contributed by atoms with E-state index in [1.165, 1.54) is 5.56 Å². The van der Waals surface area contributed by atoms with Crippen molar-refractivity contribution in [2.45, 2.75) is 26.2 Å². The van der Waals surface area contributed by atoms with E-state index in [1.54, 1.807) is 0 Å². The second kappa shape index (κ2) is 10.3. The van der Waals surface area contributed by atoms with Crippen LogP contribution in [0.25, 0.3) is 76.8 Å². The molecule has 0 saturated heterocycles. The van der Waals surface area contributed by atoms with Crippen molar-refractivity contribution < 1.29 is 25.2 Å². The largest absolute Gasteiger partial charge is 2.00 e. The van der Waals surface area contributed by atoms with Crippen molar-refractivity contribution in [2.24, 2.45) is 0 Å². The molecule has 0 amide bonds. The van der Waals surface area contributed by atoms with E-state index in [4.69, 9.17) is 19.7 Å². The molecule has 6 nitrogen and oxygen atoms in total. The Labute approximate surface area is 289 Å². The third-order valence-electron chi connectivity index (χ3n) is 9.31. The normalized spacial score (nSPS) is 12.3. The number of pyridine rings is 3. The molecular weight excluding hydrogens is 685 g/mol. The summed E-state index contributed by atoms with van der Waals surface area (Å²) < 4.78 is 10.9. The molecule has 0 unspecified atom stereocenters. The first kappa shape index (κ1) is 28.8. The number of para-hydroxylation sites is 4. The van der Waals surface area contributed by atoms with Gasteiger partial charge >= 0.3 is 20.4 Å². The quantitative estimate of drug-likeness (QED) is 0.102. The Bertz CT molecular complexity index is 2930. The van der Waals surface area contributed by atoms with Gasteiger partial charge in [0, 0.05) is 23.2 Å². The van der Waals surface area contributed by atoms with Gasteiger partial charge in [0.25, 0.3) is 0 Å². The average molecular weight is 712 g/mol. The first-order valence-corrected chi connectivity index (χ1v) is 15.8. The minimum atomic E-state index is 0. The van der Waals surface area contributed by atoms with E-state index < -0.39 is 0 Å². The first-order chi connectivity index (χ1) is 22.9. The van der Waals surface area contributed by atoms with Gasteiger partial charge in [-0.25, -0.2) is 4.98 Å². The molecule has 10 rings (SSSR count). The molecule has 232 valence electrons. The van der Waals surface area contributed by atoms with E-state index in [0.717, 1.165) is 76.8 Å². The molecular formula is C41H27N5OPd. The molecule has 0 saturated carbocycles. The van der Waals surface area contributed by atoms with Crippen molar-refractivity contribution >= 4 is 76.8 Å². The van der Waals surface area contributed by atoms with Gasteiger partial charge in [-0.2, -0.15) is 0 Å². The summed E-state index contributed by atoms with van der Waals surface area (Å²) in [7, 11) is 0. The number of ether oxygens (including phenoxy) is 1. The van der Waals surface area contributed by atoms with Crippen molar-refractivity contribution in [1.29, 1.82) is 0 Å². The smallest absolute Gasteiger partial charge is 0.497 e. The number of imidazole rings is 2. The van der Waals surface area contributed by atoms with Crippen LogP contribution in [0.15, 0.2) is 109 Å². The van der Waals surface area contributed by atoms with E-state index in [2.05, 4.69) is 102 Å². The maximum Gasteiger partial charge on any atom is 2.00 e. The van der Waals surface area contributed by atoms with E-state index in [1.807, 2.05) is 48.7 Å². The maximum absolute atomic E-state index is 6.54. The van der Waals surface area contributed by atoms with Gasteiger partial charge < -0.3 is 13.5 Å². The van der Waals surface area contributed by atoms with Crippen LogP contribution >= 0.6 is 0 Å². The molecule has 5 aromatic heterocycles. The monoisotopic (exact) mass is 711 g/mol. The second-order valence-corrected chi connectivity index (χ2v) is 13.2. The number of rotatable bonds is 2. The molecule has 0 aliphatic heterocycles. The molecule has 0 bridgehead atoms. The summed E-state index contributed by atoms with van der Waals surface area (Å²) in [4.78, 5) is 14.8. The van der Waals surface area contributed by atoms with Crippen molar-refractivity contribution in [3.05, 3.63) is 127 Å². The van der Waals surface area contributed by atoms with E-state index >= 15 is 0 Å². The topological polar surface area (TPSA) is 56.7 Å².